The second-order valence-electron chi connectivity index (χ2n) is 3.07. The number of nitrogens with one attached hydrogen (secondary N) is 1. The highest BCUT2D eigenvalue weighted by atomic mass is 32.1. The summed E-state index contributed by atoms with van der Waals surface area (Å²) in [6.45, 7) is 2.98. The van der Waals surface area contributed by atoms with Gasteiger partial charge >= 0.3 is 0 Å². The predicted octanol–water partition coefficient (Wildman–Crippen LogP) is 2.90. The molecule has 2 aromatic rings. The molecule has 0 bridgehead atoms. The van der Waals surface area contributed by atoms with Crippen molar-refractivity contribution in [1.82, 2.24) is 10.3 Å². The first-order chi connectivity index (χ1) is 6.81. The molecule has 74 valence electrons. The van der Waals surface area contributed by atoms with E-state index in [4.69, 9.17) is 0 Å². The van der Waals surface area contributed by atoms with Gasteiger partial charge in [-0.2, -0.15) is 11.3 Å². The summed E-state index contributed by atoms with van der Waals surface area (Å²) < 4.78 is 0. The number of hydrogen-bond acceptors (Lipinski definition) is 4. The Kier molecular flexibility index (Phi) is 2.96. The second-order valence-corrected chi connectivity index (χ2v) is 4.93. The Bertz CT molecular complexity index is 404. The summed E-state index contributed by atoms with van der Waals surface area (Å²) in [5.74, 6) is 0. The lowest BCUT2D eigenvalue weighted by Gasteiger charge is -1.93. The van der Waals surface area contributed by atoms with Crippen molar-refractivity contribution in [2.24, 2.45) is 0 Å². The normalized spacial score (nSPS) is 10.7. The summed E-state index contributed by atoms with van der Waals surface area (Å²) in [6.07, 6.45) is 0. The molecule has 0 saturated carbocycles. The van der Waals surface area contributed by atoms with Gasteiger partial charge in [-0.05, 0) is 25.4 Å². The van der Waals surface area contributed by atoms with E-state index in [9.17, 15) is 0 Å². The topological polar surface area (TPSA) is 24.9 Å². The Labute approximate surface area is 91.6 Å². The van der Waals surface area contributed by atoms with E-state index in [1.807, 2.05) is 7.05 Å². The van der Waals surface area contributed by atoms with E-state index in [1.165, 1.54) is 10.4 Å². The maximum absolute atomic E-state index is 4.56. The molecule has 2 rings (SSSR count). The first-order valence-corrected chi connectivity index (χ1v) is 6.20. The number of thiophene rings is 1. The minimum absolute atomic E-state index is 0.910. The summed E-state index contributed by atoms with van der Waals surface area (Å²) in [4.78, 5) is 5.88. The Morgan fingerprint density at radius 1 is 1.50 bits per heavy atom. The van der Waals surface area contributed by atoms with E-state index in [0.717, 1.165) is 17.2 Å². The molecule has 0 spiro atoms. The van der Waals surface area contributed by atoms with Gasteiger partial charge in [-0.15, -0.1) is 11.3 Å². The average Bonchev–Trinajstić information content (AvgIpc) is 2.76. The zero-order valence-electron chi connectivity index (χ0n) is 8.20. The summed E-state index contributed by atoms with van der Waals surface area (Å²) in [7, 11) is 1.96. The van der Waals surface area contributed by atoms with Crippen LogP contribution in [0, 0.1) is 6.92 Å². The highest BCUT2D eigenvalue weighted by molar-refractivity contribution is 7.15. The fourth-order valence-corrected chi connectivity index (χ4v) is 3.05. The van der Waals surface area contributed by atoms with Crippen LogP contribution in [0.25, 0.3) is 10.6 Å². The Hall–Kier alpha value is -0.710. The molecule has 4 heteroatoms. The molecule has 0 aliphatic carbocycles. The van der Waals surface area contributed by atoms with Gasteiger partial charge in [0.2, 0.25) is 0 Å². The van der Waals surface area contributed by atoms with E-state index in [2.05, 4.69) is 34.1 Å². The number of nitrogens with zero attached hydrogens (tertiary/aromatic N) is 1. The summed E-state index contributed by atoms with van der Waals surface area (Å²) >= 11 is 3.49. The Balaban J connectivity index is 2.33. The lowest BCUT2D eigenvalue weighted by molar-refractivity contribution is 0.823. The molecule has 0 aromatic carbocycles. The molecule has 1 N–H and O–H groups in total. The van der Waals surface area contributed by atoms with Crippen molar-refractivity contribution in [1.29, 1.82) is 0 Å². The fraction of sp³-hybridized carbons (Fsp3) is 0.300. The molecule has 0 amide bonds. The van der Waals surface area contributed by atoms with Crippen molar-refractivity contribution >= 4 is 22.7 Å². The molecule has 2 nitrogen and oxygen atoms in total. The van der Waals surface area contributed by atoms with E-state index < -0.39 is 0 Å². The molecule has 0 radical (unpaired) electrons. The third-order valence-electron chi connectivity index (χ3n) is 2.00. The zero-order valence-corrected chi connectivity index (χ0v) is 9.84. The lowest BCUT2D eigenvalue weighted by atomic mass is 10.3. The Morgan fingerprint density at radius 2 is 2.36 bits per heavy atom. The molecule has 2 heterocycles. The van der Waals surface area contributed by atoms with Gasteiger partial charge in [0.05, 0.1) is 5.69 Å². The number of thiazole rings is 1. The molecule has 0 atom stereocenters. The summed E-state index contributed by atoms with van der Waals surface area (Å²) in [6, 6.07) is 2.12. The highest BCUT2D eigenvalue weighted by Crippen LogP contribution is 2.29. The van der Waals surface area contributed by atoms with Crippen molar-refractivity contribution in [3.63, 3.8) is 0 Å². The van der Waals surface area contributed by atoms with Gasteiger partial charge in [0, 0.05) is 22.4 Å². The molecule has 0 aliphatic rings. The summed E-state index contributed by atoms with van der Waals surface area (Å²) in [5.41, 5.74) is 2.39. The van der Waals surface area contributed by atoms with Crippen LogP contribution in [0.15, 0.2) is 16.8 Å². The van der Waals surface area contributed by atoms with Crippen LogP contribution < -0.4 is 5.32 Å². The maximum atomic E-state index is 4.56. The van der Waals surface area contributed by atoms with Crippen molar-refractivity contribution in [3.05, 3.63) is 27.4 Å². The van der Waals surface area contributed by atoms with Crippen molar-refractivity contribution < 1.29 is 0 Å². The van der Waals surface area contributed by atoms with Crippen LogP contribution in [-0.4, -0.2) is 12.0 Å². The quantitative estimate of drug-likeness (QED) is 0.867. The number of rotatable bonds is 3. The molecule has 0 unspecified atom stereocenters. The van der Waals surface area contributed by atoms with Gasteiger partial charge in [0.25, 0.3) is 0 Å². The SMILES string of the molecule is CNCc1sc(-c2ccsc2)nc1C. The lowest BCUT2D eigenvalue weighted by Crippen LogP contribution is -2.04. The van der Waals surface area contributed by atoms with Gasteiger partial charge in [0.1, 0.15) is 5.01 Å². The Morgan fingerprint density at radius 3 is 3.00 bits per heavy atom. The van der Waals surface area contributed by atoms with Crippen LogP contribution in [0.2, 0.25) is 0 Å². The van der Waals surface area contributed by atoms with Crippen LogP contribution in [-0.2, 0) is 6.54 Å². The molecule has 2 aromatic heterocycles. The fourth-order valence-electron chi connectivity index (χ4n) is 1.26. The number of aryl methyl sites for hydroxylation is 1. The van der Waals surface area contributed by atoms with Crippen LogP contribution in [0.5, 0.6) is 0 Å². The number of hydrogen-bond donors (Lipinski definition) is 1. The van der Waals surface area contributed by atoms with E-state index in [0.29, 0.717) is 0 Å². The first kappa shape index (κ1) is 9.83. The minimum atomic E-state index is 0.910. The first-order valence-electron chi connectivity index (χ1n) is 4.44. The highest BCUT2D eigenvalue weighted by Gasteiger charge is 2.08. The standard InChI is InChI=1S/C10H12N2S2/c1-7-9(5-11-2)14-10(12-7)8-3-4-13-6-8/h3-4,6,11H,5H2,1-2H3. The van der Waals surface area contributed by atoms with Gasteiger partial charge in [-0.3, -0.25) is 0 Å². The van der Waals surface area contributed by atoms with Gasteiger partial charge in [0.15, 0.2) is 0 Å². The van der Waals surface area contributed by atoms with Crippen LogP contribution in [0.1, 0.15) is 10.6 Å². The molecular formula is C10H12N2S2. The average molecular weight is 224 g/mol. The smallest absolute Gasteiger partial charge is 0.124 e. The minimum Gasteiger partial charge on any atom is -0.315 e. The van der Waals surface area contributed by atoms with Crippen LogP contribution in [0.3, 0.4) is 0 Å². The van der Waals surface area contributed by atoms with Crippen LogP contribution >= 0.6 is 22.7 Å². The van der Waals surface area contributed by atoms with Gasteiger partial charge in [-0.25, -0.2) is 4.98 Å². The predicted molar refractivity (Wildman–Crippen MR) is 62.9 cm³/mol. The van der Waals surface area contributed by atoms with Crippen molar-refractivity contribution in [3.8, 4) is 10.6 Å². The largest absolute Gasteiger partial charge is 0.315 e. The summed E-state index contributed by atoms with van der Waals surface area (Å²) in [5, 5.41) is 8.52. The van der Waals surface area contributed by atoms with Gasteiger partial charge < -0.3 is 5.32 Å². The molecule has 14 heavy (non-hydrogen) atoms. The molecular weight excluding hydrogens is 212 g/mol. The monoisotopic (exact) mass is 224 g/mol. The molecule has 0 fully saturated rings. The van der Waals surface area contributed by atoms with E-state index >= 15 is 0 Å². The molecule has 0 saturated heterocycles. The third-order valence-corrected chi connectivity index (χ3v) is 3.89. The van der Waals surface area contributed by atoms with Gasteiger partial charge in [-0.1, -0.05) is 0 Å². The number of aromatic nitrogens is 1. The maximum Gasteiger partial charge on any atom is 0.124 e. The zero-order chi connectivity index (χ0) is 9.97. The molecule has 0 aliphatic heterocycles. The van der Waals surface area contributed by atoms with Crippen molar-refractivity contribution in [2.45, 2.75) is 13.5 Å². The van der Waals surface area contributed by atoms with Crippen LogP contribution in [0.4, 0.5) is 0 Å². The van der Waals surface area contributed by atoms with E-state index in [-0.39, 0.29) is 0 Å². The van der Waals surface area contributed by atoms with Crippen molar-refractivity contribution in [2.75, 3.05) is 7.05 Å². The second kappa shape index (κ2) is 4.21. The van der Waals surface area contributed by atoms with E-state index in [1.54, 1.807) is 22.7 Å². The third kappa shape index (κ3) is 1.87.